The number of amides is 2. The molecule has 3 rings (SSSR count). The molecule has 1 aromatic heterocycles. The Bertz CT molecular complexity index is 975. The summed E-state index contributed by atoms with van der Waals surface area (Å²) in [5.41, 5.74) is 9.48. The summed E-state index contributed by atoms with van der Waals surface area (Å²) >= 11 is 0. The summed E-state index contributed by atoms with van der Waals surface area (Å²) < 4.78 is 0. The molecule has 0 saturated carbocycles. The maximum Gasteiger partial charge on any atom is 0.252 e. The van der Waals surface area contributed by atoms with Crippen molar-refractivity contribution >= 4 is 17.5 Å². The van der Waals surface area contributed by atoms with E-state index < -0.39 is 11.9 Å². The second-order valence-electron chi connectivity index (χ2n) is 6.77. The Labute approximate surface area is 170 Å². The molecule has 2 aromatic carbocycles. The topological polar surface area (TPSA) is 97.1 Å². The SMILES string of the molecule is Cc1c(NCc2ccccn2)cccc1C(=O)N[C@@H](Cc1ccccc1)C(N)=O. The summed E-state index contributed by atoms with van der Waals surface area (Å²) in [5, 5.41) is 6.08. The average molecular weight is 388 g/mol. The Balaban J connectivity index is 1.71. The minimum atomic E-state index is -0.783. The molecule has 0 aliphatic rings. The number of primary amides is 1. The van der Waals surface area contributed by atoms with Crippen LogP contribution >= 0.6 is 0 Å². The molecule has 0 fully saturated rings. The van der Waals surface area contributed by atoms with E-state index in [1.165, 1.54) is 0 Å². The number of benzene rings is 2. The number of carbonyl (C=O) groups is 2. The van der Waals surface area contributed by atoms with Gasteiger partial charge in [0.2, 0.25) is 5.91 Å². The van der Waals surface area contributed by atoms with Crippen LogP contribution in [0.1, 0.15) is 27.2 Å². The molecule has 0 spiro atoms. The first-order valence-corrected chi connectivity index (χ1v) is 9.42. The summed E-state index contributed by atoms with van der Waals surface area (Å²) in [6, 6.07) is 19.8. The molecule has 0 aliphatic carbocycles. The molecule has 0 radical (unpaired) electrons. The lowest BCUT2D eigenvalue weighted by Gasteiger charge is -2.18. The van der Waals surface area contributed by atoms with Crippen molar-refractivity contribution in [3.63, 3.8) is 0 Å². The number of nitrogens with one attached hydrogen (secondary N) is 2. The molecule has 0 unspecified atom stereocenters. The molecule has 6 heteroatoms. The lowest BCUT2D eigenvalue weighted by Crippen LogP contribution is -2.46. The van der Waals surface area contributed by atoms with Crippen LogP contribution < -0.4 is 16.4 Å². The molecule has 148 valence electrons. The van der Waals surface area contributed by atoms with E-state index in [0.29, 0.717) is 18.5 Å². The van der Waals surface area contributed by atoms with Crippen LogP contribution in [-0.2, 0) is 17.8 Å². The lowest BCUT2D eigenvalue weighted by molar-refractivity contribution is -0.119. The van der Waals surface area contributed by atoms with Gasteiger partial charge in [0.05, 0.1) is 12.2 Å². The van der Waals surface area contributed by atoms with Crippen molar-refractivity contribution in [3.05, 3.63) is 95.3 Å². The van der Waals surface area contributed by atoms with E-state index in [0.717, 1.165) is 22.5 Å². The summed E-state index contributed by atoms with van der Waals surface area (Å²) in [7, 11) is 0. The first-order valence-electron chi connectivity index (χ1n) is 9.42. The minimum absolute atomic E-state index is 0.330. The predicted molar refractivity (Wildman–Crippen MR) is 113 cm³/mol. The molecule has 4 N–H and O–H groups in total. The molecule has 6 nitrogen and oxygen atoms in total. The number of hydrogen-bond acceptors (Lipinski definition) is 4. The second kappa shape index (κ2) is 9.50. The molecule has 0 saturated heterocycles. The van der Waals surface area contributed by atoms with Crippen LogP contribution in [0.4, 0.5) is 5.69 Å². The van der Waals surface area contributed by atoms with E-state index in [1.807, 2.05) is 61.5 Å². The molecule has 2 amide bonds. The van der Waals surface area contributed by atoms with Crippen molar-refractivity contribution < 1.29 is 9.59 Å². The van der Waals surface area contributed by atoms with Gasteiger partial charge >= 0.3 is 0 Å². The van der Waals surface area contributed by atoms with Crippen LogP contribution in [0.2, 0.25) is 0 Å². The van der Waals surface area contributed by atoms with Crippen molar-refractivity contribution in [1.82, 2.24) is 10.3 Å². The van der Waals surface area contributed by atoms with E-state index in [9.17, 15) is 9.59 Å². The van der Waals surface area contributed by atoms with Crippen LogP contribution in [0.25, 0.3) is 0 Å². The van der Waals surface area contributed by atoms with Gasteiger partial charge in [0.1, 0.15) is 6.04 Å². The van der Waals surface area contributed by atoms with Crippen molar-refractivity contribution in [2.45, 2.75) is 25.9 Å². The Morgan fingerprint density at radius 1 is 1.00 bits per heavy atom. The highest BCUT2D eigenvalue weighted by Crippen LogP contribution is 2.20. The number of rotatable bonds is 8. The Kier molecular flexibility index (Phi) is 6.58. The van der Waals surface area contributed by atoms with Crippen LogP contribution in [0.15, 0.2) is 72.9 Å². The molecule has 1 atom stereocenters. The van der Waals surface area contributed by atoms with Gasteiger partial charge in [-0.3, -0.25) is 14.6 Å². The van der Waals surface area contributed by atoms with Crippen LogP contribution in [0.3, 0.4) is 0 Å². The summed E-state index contributed by atoms with van der Waals surface area (Å²) in [4.78, 5) is 29.0. The number of anilines is 1. The number of aromatic nitrogens is 1. The van der Waals surface area contributed by atoms with E-state index in [2.05, 4.69) is 15.6 Å². The highest BCUT2D eigenvalue weighted by Gasteiger charge is 2.21. The van der Waals surface area contributed by atoms with Crippen molar-refractivity contribution in [2.75, 3.05) is 5.32 Å². The van der Waals surface area contributed by atoms with Gasteiger partial charge in [0, 0.05) is 23.9 Å². The fourth-order valence-electron chi connectivity index (χ4n) is 3.07. The predicted octanol–water partition coefficient (Wildman–Crippen LogP) is 2.83. The normalized spacial score (nSPS) is 11.5. The van der Waals surface area contributed by atoms with Crippen molar-refractivity contribution in [1.29, 1.82) is 0 Å². The van der Waals surface area contributed by atoms with E-state index in [4.69, 9.17) is 5.73 Å². The lowest BCUT2D eigenvalue weighted by atomic mass is 10.0. The third kappa shape index (κ3) is 5.42. The fraction of sp³-hybridized carbons (Fsp3) is 0.174. The standard InChI is InChI=1S/C23H24N4O2/c1-16-19(11-7-12-20(16)26-15-18-10-5-6-13-25-18)23(29)27-21(22(24)28)14-17-8-3-2-4-9-17/h2-13,21,26H,14-15H2,1H3,(H2,24,28)(H,27,29)/t21-/m0/s1. The van der Waals surface area contributed by atoms with E-state index in [-0.39, 0.29) is 5.91 Å². The summed E-state index contributed by atoms with van der Waals surface area (Å²) in [6.07, 6.45) is 2.09. The van der Waals surface area contributed by atoms with Gasteiger partial charge in [-0.2, -0.15) is 0 Å². The zero-order valence-corrected chi connectivity index (χ0v) is 16.3. The third-order valence-electron chi connectivity index (χ3n) is 4.70. The maximum absolute atomic E-state index is 12.8. The first-order chi connectivity index (χ1) is 14.0. The Hall–Kier alpha value is -3.67. The van der Waals surface area contributed by atoms with Gasteiger partial charge < -0.3 is 16.4 Å². The highest BCUT2D eigenvalue weighted by molar-refractivity contribution is 5.99. The Morgan fingerprint density at radius 3 is 2.45 bits per heavy atom. The van der Waals surface area contributed by atoms with Gasteiger partial charge in [-0.1, -0.05) is 42.5 Å². The van der Waals surface area contributed by atoms with Gasteiger partial charge in [-0.15, -0.1) is 0 Å². The van der Waals surface area contributed by atoms with Crippen LogP contribution in [0, 0.1) is 6.92 Å². The largest absolute Gasteiger partial charge is 0.379 e. The van der Waals surface area contributed by atoms with Gasteiger partial charge in [0.15, 0.2) is 0 Å². The molecule has 1 heterocycles. The van der Waals surface area contributed by atoms with E-state index >= 15 is 0 Å². The monoisotopic (exact) mass is 388 g/mol. The zero-order chi connectivity index (χ0) is 20.6. The Morgan fingerprint density at radius 2 is 1.76 bits per heavy atom. The van der Waals surface area contributed by atoms with Gasteiger partial charge in [-0.05, 0) is 42.3 Å². The van der Waals surface area contributed by atoms with E-state index in [1.54, 1.807) is 18.3 Å². The van der Waals surface area contributed by atoms with Crippen molar-refractivity contribution in [3.8, 4) is 0 Å². The van der Waals surface area contributed by atoms with Gasteiger partial charge in [-0.25, -0.2) is 0 Å². The van der Waals surface area contributed by atoms with Gasteiger partial charge in [0.25, 0.3) is 5.91 Å². The minimum Gasteiger partial charge on any atom is -0.379 e. The number of nitrogens with zero attached hydrogens (tertiary/aromatic N) is 1. The molecule has 29 heavy (non-hydrogen) atoms. The summed E-state index contributed by atoms with van der Waals surface area (Å²) in [5.74, 6) is -0.895. The average Bonchev–Trinajstić information content (AvgIpc) is 2.74. The first kappa shape index (κ1) is 20.1. The number of nitrogens with two attached hydrogens (primary N) is 1. The maximum atomic E-state index is 12.8. The summed E-state index contributed by atoms with van der Waals surface area (Å²) in [6.45, 7) is 2.41. The molecule has 3 aromatic rings. The van der Waals surface area contributed by atoms with Crippen LogP contribution in [-0.4, -0.2) is 22.8 Å². The molecular formula is C23H24N4O2. The quantitative estimate of drug-likeness (QED) is 0.553. The third-order valence-corrected chi connectivity index (χ3v) is 4.70. The highest BCUT2D eigenvalue weighted by atomic mass is 16.2. The molecule has 0 aliphatic heterocycles. The zero-order valence-electron chi connectivity index (χ0n) is 16.3. The fourth-order valence-corrected chi connectivity index (χ4v) is 3.07. The van der Waals surface area contributed by atoms with Crippen LogP contribution in [0.5, 0.6) is 0 Å². The van der Waals surface area contributed by atoms with Crippen molar-refractivity contribution in [2.24, 2.45) is 5.73 Å². The second-order valence-corrected chi connectivity index (χ2v) is 6.77. The number of pyridine rings is 1. The number of carbonyl (C=O) groups excluding carboxylic acids is 2. The molecule has 0 bridgehead atoms. The number of hydrogen-bond donors (Lipinski definition) is 3. The smallest absolute Gasteiger partial charge is 0.252 e. The molecular weight excluding hydrogens is 364 g/mol.